The van der Waals surface area contributed by atoms with E-state index in [1.54, 1.807) is 6.07 Å². The Morgan fingerprint density at radius 3 is 2.81 bits per heavy atom. The molecule has 5 heteroatoms. The zero-order valence-corrected chi connectivity index (χ0v) is 9.74. The standard InChI is InChI=1S/C11H16N2O3/c1-11(2,3)16-13-10(14)8-6-9(15-12-8)7-4-5-7/h6-7H,4-5H2,1-3H3,(H,13,14). The molecule has 0 radical (unpaired) electrons. The van der Waals surface area contributed by atoms with Crippen LogP contribution in [0.25, 0.3) is 0 Å². The molecule has 0 atom stereocenters. The summed E-state index contributed by atoms with van der Waals surface area (Å²) < 4.78 is 5.08. The van der Waals surface area contributed by atoms with E-state index < -0.39 is 5.60 Å². The van der Waals surface area contributed by atoms with Crippen LogP contribution in [0.15, 0.2) is 10.6 Å². The number of hydroxylamine groups is 1. The first-order valence-corrected chi connectivity index (χ1v) is 5.41. The molecule has 1 aromatic rings. The van der Waals surface area contributed by atoms with E-state index in [4.69, 9.17) is 9.36 Å². The lowest BCUT2D eigenvalue weighted by molar-refractivity contribution is -0.0592. The van der Waals surface area contributed by atoms with E-state index >= 15 is 0 Å². The molecule has 0 unspecified atom stereocenters. The van der Waals surface area contributed by atoms with Gasteiger partial charge in [0.15, 0.2) is 5.69 Å². The maximum atomic E-state index is 11.6. The number of hydrogen-bond acceptors (Lipinski definition) is 4. The SMILES string of the molecule is CC(C)(C)ONC(=O)c1cc(C2CC2)on1. The minimum absolute atomic E-state index is 0.270. The van der Waals surface area contributed by atoms with Crippen LogP contribution >= 0.6 is 0 Å². The van der Waals surface area contributed by atoms with E-state index in [0.29, 0.717) is 5.92 Å². The van der Waals surface area contributed by atoms with Crippen LogP contribution in [0.2, 0.25) is 0 Å². The van der Waals surface area contributed by atoms with Crippen molar-refractivity contribution >= 4 is 5.91 Å². The predicted octanol–water partition coefficient (Wildman–Crippen LogP) is 2.01. The summed E-state index contributed by atoms with van der Waals surface area (Å²) in [6.07, 6.45) is 2.24. The molecule has 0 aliphatic heterocycles. The Morgan fingerprint density at radius 2 is 2.25 bits per heavy atom. The number of nitrogens with one attached hydrogen (secondary N) is 1. The number of aromatic nitrogens is 1. The predicted molar refractivity (Wildman–Crippen MR) is 56.8 cm³/mol. The van der Waals surface area contributed by atoms with Crippen LogP contribution in [0.1, 0.15) is 55.8 Å². The minimum Gasteiger partial charge on any atom is -0.360 e. The summed E-state index contributed by atoms with van der Waals surface area (Å²) in [6.45, 7) is 5.56. The van der Waals surface area contributed by atoms with Crippen molar-refractivity contribution in [3.63, 3.8) is 0 Å². The van der Waals surface area contributed by atoms with E-state index in [2.05, 4.69) is 10.6 Å². The molecular formula is C11H16N2O3. The summed E-state index contributed by atoms with van der Waals surface area (Å²) in [7, 11) is 0. The first-order valence-electron chi connectivity index (χ1n) is 5.41. The van der Waals surface area contributed by atoms with Gasteiger partial charge in [-0.3, -0.25) is 9.63 Å². The maximum Gasteiger partial charge on any atom is 0.297 e. The van der Waals surface area contributed by atoms with Gasteiger partial charge in [0, 0.05) is 12.0 Å². The lowest BCUT2D eigenvalue weighted by atomic mass is 10.2. The van der Waals surface area contributed by atoms with Crippen LogP contribution in [0.5, 0.6) is 0 Å². The number of nitrogens with zero attached hydrogens (tertiary/aromatic N) is 1. The topological polar surface area (TPSA) is 64.4 Å². The smallest absolute Gasteiger partial charge is 0.297 e. The molecule has 16 heavy (non-hydrogen) atoms. The van der Waals surface area contributed by atoms with Crippen LogP contribution in [-0.4, -0.2) is 16.7 Å². The number of amides is 1. The van der Waals surface area contributed by atoms with Crippen molar-refractivity contribution in [2.75, 3.05) is 0 Å². The summed E-state index contributed by atoms with van der Waals surface area (Å²) in [6, 6.07) is 1.68. The van der Waals surface area contributed by atoms with Crippen molar-refractivity contribution in [2.24, 2.45) is 0 Å². The molecule has 0 spiro atoms. The largest absolute Gasteiger partial charge is 0.360 e. The minimum atomic E-state index is -0.418. The van der Waals surface area contributed by atoms with Crippen molar-refractivity contribution in [3.8, 4) is 0 Å². The molecule has 5 nitrogen and oxygen atoms in total. The van der Waals surface area contributed by atoms with Crippen molar-refractivity contribution in [1.82, 2.24) is 10.6 Å². The molecule has 2 rings (SSSR count). The monoisotopic (exact) mass is 224 g/mol. The number of carbonyl (C=O) groups excluding carboxylic acids is 1. The summed E-state index contributed by atoms with van der Waals surface area (Å²) in [5.41, 5.74) is 2.20. The second-order valence-corrected chi connectivity index (χ2v) is 5.03. The Hall–Kier alpha value is -1.36. The van der Waals surface area contributed by atoms with Crippen LogP contribution < -0.4 is 5.48 Å². The van der Waals surface area contributed by atoms with Gasteiger partial charge in [0.2, 0.25) is 0 Å². The van der Waals surface area contributed by atoms with Gasteiger partial charge in [-0.1, -0.05) is 5.16 Å². The van der Waals surface area contributed by atoms with Crippen molar-refractivity contribution in [1.29, 1.82) is 0 Å². The van der Waals surface area contributed by atoms with Crippen molar-refractivity contribution in [2.45, 2.75) is 45.1 Å². The van der Waals surface area contributed by atoms with Gasteiger partial charge in [0.1, 0.15) is 5.76 Å². The Morgan fingerprint density at radius 1 is 1.56 bits per heavy atom. The number of hydrogen-bond donors (Lipinski definition) is 1. The average Bonchev–Trinajstić information content (AvgIpc) is 2.92. The van der Waals surface area contributed by atoms with Gasteiger partial charge in [-0.25, -0.2) is 5.48 Å². The van der Waals surface area contributed by atoms with Crippen molar-refractivity contribution in [3.05, 3.63) is 17.5 Å². The van der Waals surface area contributed by atoms with E-state index in [0.717, 1.165) is 18.6 Å². The molecule has 0 saturated heterocycles. The fraction of sp³-hybridized carbons (Fsp3) is 0.636. The summed E-state index contributed by atoms with van der Waals surface area (Å²) in [5.74, 6) is 0.879. The Balaban J connectivity index is 1.92. The molecule has 1 fully saturated rings. The quantitative estimate of drug-likeness (QED) is 0.798. The van der Waals surface area contributed by atoms with Gasteiger partial charge in [-0.15, -0.1) is 0 Å². The summed E-state index contributed by atoms with van der Waals surface area (Å²) in [5, 5.41) is 3.71. The molecular weight excluding hydrogens is 208 g/mol. The fourth-order valence-electron chi connectivity index (χ4n) is 1.21. The van der Waals surface area contributed by atoms with Crippen LogP contribution in [0.3, 0.4) is 0 Å². The lowest BCUT2D eigenvalue weighted by Gasteiger charge is -2.18. The molecule has 1 N–H and O–H groups in total. The van der Waals surface area contributed by atoms with Gasteiger partial charge >= 0.3 is 0 Å². The van der Waals surface area contributed by atoms with E-state index in [1.807, 2.05) is 20.8 Å². The molecule has 0 aromatic carbocycles. The van der Waals surface area contributed by atoms with Crippen LogP contribution in [0, 0.1) is 0 Å². The highest BCUT2D eigenvalue weighted by molar-refractivity contribution is 5.91. The number of rotatable bonds is 3. The molecule has 1 heterocycles. The zero-order chi connectivity index (χ0) is 11.8. The lowest BCUT2D eigenvalue weighted by Crippen LogP contribution is -2.33. The maximum absolute atomic E-state index is 11.6. The van der Waals surface area contributed by atoms with E-state index in [-0.39, 0.29) is 11.6 Å². The molecule has 1 saturated carbocycles. The average molecular weight is 224 g/mol. The van der Waals surface area contributed by atoms with Gasteiger partial charge in [-0.2, -0.15) is 0 Å². The zero-order valence-electron chi connectivity index (χ0n) is 9.74. The van der Waals surface area contributed by atoms with Gasteiger partial charge in [-0.05, 0) is 33.6 Å². The van der Waals surface area contributed by atoms with E-state index in [9.17, 15) is 4.79 Å². The highest BCUT2D eigenvalue weighted by Crippen LogP contribution is 2.40. The third-order valence-electron chi connectivity index (χ3n) is 2.19. The normalized spacial score (nSPS) is 16.2. The van der Waals surface area contributed by atoms with Gasteiger partial charge < -0.3 is 4.52 Å². The summed E-state index contributed by atoms with van der Waals surface area (Å²) >= 11 is 0. The number of carbonyl (C=O) groups is 1. The Labute approximate surface area is 94.1 Å². The summed E-state index contributed by atoms with van der Waals surface area (Å²) in [4.78, 5) is 16.7. The highest BCUT2D eigenvalue weighted by atomic mass is 16.7. The molecule has 0 bridgehead atoms. The first kappa shape index (κ1) is 11.1. The Kier molecular flexibility index (Phi) is 2.71. The van der Waals surface area contributed by atoms with Crippen LogP contribution in [-0.2, 0) is 4.84 Å². The molecule has 88 valence electrons. The second-order valence-electron chi connectivity index (χ2n) is 5.03. The molecule has 1 aromatic heterocycles. The fourth-order valence-corrected chi connectivity index (χ4v) is 1.21. The molecule has 1 amide bonds. The second kappa shape index (κ2) is 3.90. The third kappa shape index (κ3) is 2.82. The molecule has 1 aliphatic rings. The van der Waals surface area contributed by atoms with E-state index in [1.165, 1.54) is 0 Å². The molecule has 1 aliphatic carbocycles. The third-order valence-corrected chi connectivity index (χ3v) is 2.19. The highest BCUT2D eigenvalue weighted by Gasteiger charge is 2.29. The van der Waals surface area contributed by atoms with Gasteiger partial charge in [0.05, 0.1) is 5.60 Å². The first-order chi connectivity index (χ1) is 7.46. The van der Waals surface area contributed by atoms with Crippen LogP contribution in [0.4, 0.5) is 0 Å². The Bertz CT molecular complexity index is 388. The van der Waals surface area contributed by atoms with Gasteiger partial charge in [0.25, 0.3) is 5.91 Å². The van der Waals surface area contributed by atoms with Crippen molar-refractivity contribution < 1.29 is 14.2 Å².